The number of hydrogen-bond acceptors (Lipinski definition) is 2. The highest BCUT2D eigenvalue weighted by Crippen LogP contribution is 2.18. The van der Waals surface area contributed by atoms with Crippen LogP contribution in [-0.2, 0) is 0 Å². The Labute approximate surface area is 116 Å². The van der Waals surface area contributed by atoms with E-state index < -0.39 is 0 Å². The highest BCUT2D eigenvalue weighted by atomic mass is 16.1. The van der Waals surface area contributed by atoms with Gasteiger partial charge in [-0.15, -0.1) is 0 Å². The number of nitrogens with one attached hydrogen (secondary N) is 2. The van der Waals surface area contributed by atoms with Gasteiger partial charge < -0.3 is 10.6 Å². The van der Waals surface area contributed by atoms with Crippen molar-refractivity contribution in [3.05, 3.63) is 29.3 Å². The molecule has 0 aliphatic carbocycles. The summed E-state index contributed by atoms with van der Waals surface area (Å²) in [5.74, 6) is -0.00599. The average Bonchev–Trinajstić information content (AvgIpc) is 2.32. The summed E-state index contributed by atoms with van der Waals surface area (Å²) in [6.45, 7) is 12.0. The van der Waals surface area contributed by atoms with Crippen LogP contribution >= 0.6 is 0 Å². The van der Waals surface area contributed by atoms with Crippen LogP contribution in [0.5, 0.6) is 0 Å². The quantitative estimate of drug-likeness (QED) is 0.851. The Balaban J connectivity index is 2.83. The van der Waals surface area contributed by atoms with Crippen molar-refractivity contribution >= 4 is 11.6 Å². The zero-order valence-electron chi connectivity index (χ0n) is 12.8. The zero-order valence-corrected chi connectivity index (χ0v) is 12.8. The van der Waals surface area contributed by atoms with Crippen LogP contribution in [0.2, 0.25) is 0 Å². The van der Waals surface area contributed by atoms with Gasteiger partial charge in [-0.3, -0.25) is 4.79 Å². The summed E-state index contributed by atoms with van der Waals surface area (Å²) in [6.07, 6.45) is 1.04. The molecule has 0 saturated heterocycles. The summed E-state index contributed by atoms with van der Waals surface area (Å²) in [6, 6.07) is 5.90. The van der Waals surface area contributed by atoms with Gasteiger partial charge in [0.15, 0.2) is 0 Å². The predicted molar refractivity (Wildman–Crippen MR) is 81.7 cm³/mol. The number of amides is 1. The SMILES string of the molecule is CCCNc1cc(C)ccc1C(=O)NCC(C)(C)C. The van der Waals surface area contributed by atoms with E-state index in [1.54, 1.807) is 0 Å². The minimum absolute atomic E-state index is 0.00599. The summed E-state index contributed by atoms with van der Waals surface area (Å²) in [5.41, 5.74) is 2.90. The molecule has 0 fully saturated rings. The second kappa shape index (κ2) is 6.60. The molecule has 0 radical (unpaired) electrons. The number of benzene rings is 1. The Morgan fingerprint density at radius 3 is 2.53 bits per heavy atom. The molecule has 0 bridgehead atoms. The molecule has 3 nitrogen and oxygen atoms in total. The Bertz CT molecular complexity index is 433. The number of rotatable bonds is 5. The van der Waals surface area contributed by atoms with Gasteiger partial charge in [0.2, 0.25) is 0 Å². The second-order valence-electron chi connectivity index (χ2n) is 6.22. The van der Waals surface area contributed by atoms with Crippen molar-refractivity contribution in [1.82, 2.24) is 5.32 Å². The molecule has 0 aliphatic rings. The smallest absolute Gasteiger partial charge is 0.253 e. The molecule has 3 heteroatoms. The van der Waals surface area contributed by atoms with E-state index >= 15 is 0 Å². The van der Waals surface area contributed by atoms with Gasteiger partial charge in [-0.1, -0.05) is 33.8 Å². The van der Waals surface area contributed by atoms with Crippen molar-refractivity contribution < 1.29 is 4.79 Å². The second-order valence-corrected chi connectivity index (χ2v) is 6.22. The normalized spacial score (nSPS) is 11.2. The fourth-order valence-corrected chi connectivity index (χ4v) is 1.70. The predicted octanol–water partition coefficient (Wildman–Crippen LogP) is 3.59. The number of carbonyl (C=O) groups excluding carboxylic acids is 1. The van der Waals surface area contributed by atoms with E-state index in [-0.39, 0.29) is 11.3 Å². The van der Waals surface area contributed by atoms with Crippen LogP contribution in [-0.4, -0.2) is 19.0 Å². The Morgan fingerprint density at radius 1 is 1.26 bits per heavy atom. The van der Waals surface area contributed by atoms with Crippen LogP contribution in [0.4, 0.5) is 5.69 Å². The third kappa shape index (κ3) is 5.33. The van der Waals surface area contributed by atoms with Gasteiger partial charge in [0, 0.05) is 18.8 Å². The Morgan fingerprint density at radius 2 is 1.95 bits per heavy atom. The van der Waals surface area contributed by atoms with Crippen LogP contribution in [0.15, 0.2) is 18.2 Å². The fourth-order valence-electron chi connectivity index (χ4n) is 1.70. The number of hydrogen-bond donors (Lipinski definition) is 2. The van der Waals surface area contributed by atoms with Crippen molar-refractivity contribution in [2.75, 3.05) is 18.4 Å². The van der Waals surface area contributed by atoms with E-state index in [1.165, 1.54) is 0 Å². The minimum atomic E-state index is -0.00599. The zero-order chi connectivity index (χ0) is 14.5. The van der Waals surface area contributed by atoms with Crippen molar-refractivity contribution in [2.24, 2.45) is 5.41 Å². The topological polar surface area (TPSA) is 41.1 Å². The molecule has 0 aromatic heterocycles. The largest absolute Gasteiger partial charge is 0.384 e. The fraction of sp³-hybridized carbons (Fsp3) is 0.562. The molecule has 0 heterocycles. The maximum atomic E-state index is 12.2. The van der Waals surface area contributed by atoms with Crippen LogP contribution in [0.25, 0.3) is 0 Å². The lowest BCUT2D eigenvalue weighted by Crippen LogP contribution is -2.32. The van der Waals surface area contributed by atoms with Crippen molar-refractivity contribution in [3.63, 3.8) is 0 Å². The van der Waals surface area contributed by atoms with Crippen LogP contribution < -0.4 is 10.6 Å². The van der Waals surface area contributed by atoms with Gasteiger partial charge in [0.25, 0.3) is 5.91 Å². The highest BCUT2D eigenvalue weighted by molar-refractivity contribution is 5.99. The molecule has 0 aliphatic heterocycles. The molecule has 0 atom stereocenters. The van der Waals surface area contributed by atoms with Gasteiger partial charge in [-0.2, -0.15) is 0 Å². The Kier molecular flexibility index (Phi) is 5.40. The highest BCUT2D eigenvalue weighted by Gasteiger charge is 2.15. The minimum Gasteiger partial charge on any atom is -0.384 e. The van der Waals surface area contributed by atoms with E-state index in [1.807, 2.05) is 25.1 Å². The lowest BCUT2D eigenvalue weighted by molar-refractivity contribution is 0.0940. The van der Waals surface area contributed by atoms with Crippen molar-refractivity contribution in [1.29, 1.82) is 0 Å². The number of aryl methyl sites for hydroxylation is 1. The van der Waals surface area contributed by atoms with E-state index in [4.69, 9.17) is 0 Å². The van der Waals surface area contributed by atoms with Crippen LogP contribution in [0.1, 0.15) is 50.0 Å². The molecule has 19 heavy (non-hydrogen) atoms. The molecule has 0 saturated carbocycles. The summed E-state index contributed by atoms with van der Waals surface area (Å²) in [7, 11) is 0. The van der Waals surface area contributed by atoms with Crippen molar-refractivity contribution in [2.45, 2.75) is 41.0 Å². The van der Waals surface area contributed by atoms with Gasteiger partial charge >= 0.3 is 0 Å². The molecule has 2 N–H and O–H groups in total. The molecule has 1 aromatic carbocycles. The third-order valence-corrected chi connectivity index (χ3v) is 2.76. The lowest BCUT2D eigenvalue weighted by atomic mass is 9.97. The maximum absolute atomic E-state index is 12.2. The third-order valence-electron chi connectivity index (χ3n) is 2.76. The summed E-state index contributed by atoms with van der Waals surface area (Å²) in [4.78, 5) is 12.2. The standard InChI is InChI=1S/C16H26N2O/c1-6-9-17-14-10-12(2)7-8-13(14)15(19)18-11-16(3,4)5/h7-8,10,17H,6,9,11H2,1-5H3,(H,18,19). The molecular formula is C16H26N2O. The Hall–Kier alpha value is -1.51. The molecule has 1 amide bonds. The average molecular weight is 262 g/mol. The van der Waals surface area contributed by atoms with E-state index in [0.29, 0.717) is 6.54 Å². The first kappa shape index (κ1) is 15.5. The lowest BCUT2D eigenvalue weighted by Gasteiger charge is -2.19. The first-order valence-corrected chi connectivity index (χ1v) is 6.96. The first-order chi connectivity index (χ1) is 8.83. The summed E-state index contributed by atoms with van der Waals surface area (Å²) < 4.78 is 0. The number of carbonyl (C=O) groups is 1. The monoisotopic (exact) mass is 262 g/mol. The van der Waals surface area contributed by atoms with E-state index in [0.717, 1.165) is 29.8 Å². The molecule has 0 spiro atoms. The van der Waals surface area contributed by atoms with E-state index in [2.05, 4.69) is 38.3 Å². The van der Waals surface area contributed by atoms with Crippen LogP contribution in [0, 0.1) is 12.3 Å². The molecular weight excluding hydrogens is 236 g/mol. The van der Waals surface area contributed by atoms with Gasteiger partial charge in [0.05, 0.1) is 5.56 Å². The maximum Gasteiger partial charge on any atom is 0.253 e. The van der Waals surface area contributed by atoms with E-state index in [9.17, 15) is 4.79 Å². The van der Waals surface area contributed by atoms with Crippen LogP contribution in [0.3, 0.4) is 0 Å². The summed E-state index contributed by atoms with van der Waals surface area (Å²) in [5, 5.41) is 6.32. The van der Waals surface area contributed by atoms with Gasteiger partial charge in [-0.05, 0) is 36.5 Å². The molecule has 0 unspecified atom stereocenters. The number of anilines is 1. The molecule has 106 valence electrons. The van der Waals surface area contributed by atoms with Gasteiger partial charge in [0.1, 0.15) is 0 Å². The molecule has 1 aromatic rings. The first-order valence-electron chi connectivity index (χ1n) is 6.96. The summed E-state index contributed by atoms with van der Waals surface area (Å²) >= 11 is 0. The van der Waals surface area contributed by atoms with Crippen molar-refractivity contribution in [3.8, 4) is 0 Å². The van der Waals surface area contributed by atoms with Gasteiger partial charge in [-0.25, -0.2) is 0 Å². The molecule has 1 rings (SSSR count).